The van der Waals surface area contributed by atoms with Gasteiger partial charge in [-0.2, -0.15) is 0 Å². The molecular weight excluding hydrogens is 306 g/mol. The highest BCUT2D eigenvalue weighted by molar-refractivity contribution is 5.80. The number of ether oxygens (including phenoxy) is 1. The molecule has 1 aliphatic rings. The van der Waals surface area contributed by atoms with E-state index in [1.54, 1.807) is 28.1 Å². The predicted octanol–water partition coefficient (Wildman–Crippen LogP) is 2.43. The molecule has 1 amide bonds. The first-order valence-corrected chi connectivity index (χ1v) is 7.74. The number of nitrogens with zero attached hydrogens (tertiary/aromatic N) is 3. The first kappa shape index (κ1) is 16.0. The van der Waals surface area contributed by atoms with Crippen molar-refractivity contribution in [3.8, 4) is 0 Å². The summed E-state index contributed by atoms with van der Waals surface area (Å²) in [5.41, 5.74) is 1.96. The van der Waals surface area contributed by atoms with Crippen LogP contribution in [0.1, 0.15) is 36.3 Å². The highest BCUT2D eigenvalue weighted by Gasteiger charge is 2.28. The Bertz CT molecular complexity index is 794. The molecule has 0 saturated carbocycles. The predicted molar refractivity (Wildman–Crippen MR) is 88.4 cm³/mol. The van der Waals surface area contributed by atoms with Gasteiger partial charge in [0.1, 0.15) is 12.4 Å². The molecule has 0 bridgehead atoms. The molecule has 2 heterocycles. The van der Waals surface area contributed by atoms with Gasteiger partial charge >= 0.3 is 5.97 Å². The van der Waals surface area contributed by atoms with Crippen molar-refractivity contribution < 1.29 is 14.3 Å². The van der Waals surface area contributed by atoms with Crippen molar-refractivity contribution in [1.82, 2.24) is 14.5 Å². The number of hydrogen-bond acceptors (Lipinski definition) is 4. The number of benzene rings is 1. The summed E-state index contributed by atoms with van der Waals surface area (Å²) in [6.07, 6.45) is 7.16. The van der Waals surface area contributed by atoms with E-state index in [-0.39, 0.29) is 30.9 Å². The molecule has 24 heavy (non-hydrogen) atoms. The van der Waals surface area contributed by atoms with Crippen molar-refractivity contribution >= 4 is 18.0 Å². The Balaban J connectivity index is 1.73. The molecule has 1 aromatic heterocycles. The topological polar surface area (TPSA) is 64.4 Å². The van der Waals surface area contributed by atoms with E-state index < -0.39 is 0 Å². The molecule has 1 atom stereocenters. The number of fused-ring (bicyclic) bond motifs is 1. The van der Waals surface area contributed by atoms with Gasteiger partial charge in [-0.25, -0.2) is 4.98 Å². The summed E-state index contributed by atoms with van der Waals surface area (Å²) in [4.78, 5) is 29.9. The maximum Gasteiger partial charge on any atom is 0.308 e. The maximum absolute atomic E-state index is 12.3. The molecule has 1 unspecified atom stereocenters. The van der Waals surface area contributed by atoms with Gasteiger partial charge in [0.05, 0.1) is 12.5 Å². The van der Waals surface area contributed by atoms with E-state index in [0.717, 1.165) is 11.1 Å². The van der Waals surface area contributed by atoms with E-state index >= 15 is 0 Å². The van der Waals surface area contributed by atoms with Crippen molar-refractivity contribution in [2.45, 2.75) is 26.0 Å². The zero-order valence-corrected chi connectivity index (χ0v) is 13.7. The molecule has 3 rings (SSSR count). The first-order valence-electron chi connectivity index (χ1n) is 7.74. The lowest BCUT2D eigenvalue weighted by Crippen LogP contribution is -2.32. The minimum atomic E-state index is -0.362. The number of hydrogen-bond donors (Lipinski definition) is 0. The molecule has 6 nitrogen and oxygen atoms in total. The summed E-state index contributed by atoms with van der Waals surface area (Å²) in [7, 11) is 1.84. The number of amides is 1. The highest BCUT2D eigenvalue weighted by atomic mass is 16.5. The molecule has 0 saturated heterocycles. The van der Waals surface area contributed by atoms with Crippen LogP contribution in [-0.2, 0) is 28.0 Å². The number of aromatic nitrogens is 2. The van der Waals surface area contributed by atoms with Crippen LogP contribution in [0.3, 0.4) is 0 Å². The second-order valence-corrected chi connectivity index (χ2v) is 5.71. The highest BCUT2D eigenvalue weighted by Crippen LogP contribution is 2.33. The molecule has 2 aromatic rings. The van der Waals surface area contributed by atoms with Crippen LogP contribution in [0.5, 0.6) is 0 Å². The zero-order valence-electron chi connectivity index (χ0n) is 13.7. The molecule has 124 valence electrons. The third-order valence-corrected chi connectivity index (χ3v) is 4.11. The lowest BCUT2D eigenvalue weighted by molar-refractivity contribution is -0.147. The van der Waals surface area contributed by atoms with Crippen molar-refractivity contribution in [2.24, 2.45) is 7.05 Å². The molecule has 6 heteroatoms. The van der Waals surface area contributed by atoms with Crippen LogP contribution in [0.4, 0.5) is 0 Å². The molecular formula is C18H19N3O3. The quantitative estimate of drug-likeness (QED) is 0.810. The number of aryl methyl sites for hydroxylation is 1. The van der Waals surface area contributed by atoms with Crippen LogP contribution in [0.2, 0.25) is 0 Å². The van der Waals surface area contributed by atoms with Gasteiger partial charge in [0.15, 0.2) is 0 Å². The van der Waals surface area contributed by atoms with E-state index in [0.29, 0.717) is 5.82 Å². The zero-order chi connectivity index (χ0) is 17.1. The Morgan fingerprint density at radius 3 is 2.79 bits per heavy atom. The summed E-state index contributed by atoms with van der Waals surface area (Å²) in [5.74, 6) is 0.206. The fourth-order valence-electron chi connectivity index (χ4n) is 2.81. The Morgan fingerprint density at radius 1 is 1.29 bits per heavy atom. The van der Waals surface area contributed by atoms with Crippen LogP contribution >= 0.6 is 0 Å². The Hall–Kier alpha value is -2.89. The second-order valence-electron chi connectivity index (χ2n) is 5.71. The lowest BCUT2D eigenvalue weighted by atomic mass is 9.94. The van der Waals surface area contributed by atoms with E-state index in [4.69, 9.17) is 4.74 Å². The van der Waals surface area contributed by atoms with Gasteiger partial charge in [0.2, 0.25) is 5.91 Å². The van der Waals surface area contributed by atoms with Gasteiger partial charge in [0.25, 0.3) is 0 Å². The molecule has 0 spiro atoms. The van der Waals surface area contributed by atoms with E-state index in [1.165, 1.54) is 6.92 Å². The normalized spacial score (nSPS) is 15.9. The van der Waals surface area contributed by atoms with Crippen LogP contribution < -0.4 is 0 Å². The number of carbonyl (C=O) groups excluding carboxylic acids is 2. The number of carbonyl (C=O) groups is 2. The fraction of sp³-hybridized carbons (Fsp3) is 0.278. The smallest absolute Gasteiger partial charge is 0.308 e. The molecule has 1 aliphatic heterocycles. The van der Waals surface area contributed by atoms with Crippen molar-refractivity contribution in [2.75, 3.05) is 0 Å². The lowest BCUT2D eigenvalue weighted by Gasteiger charge is -2.32. The molecule has 0 radical (unpaired) electrons. The average molecular weight is 325 g/mol. The second kappa shape index (κ2) is 6.70. The summed E-state index contributed by atoms with van der Waals surface area (Å²) in [6, 6.07) is 7.39. The van der Waals surface area contributed by atoms with E-state index in [9.17, 15) is 9.59 Å². The SMILES string of the molecule is CC(=O)N1C=Cc2ccccc2C1CC(=O)OCc1nccn1C. The van der Waals surface area contributed by atoms with E-state index in [2.05, 4.69) is 4.98 Å². The molecule has 1 aromatic carbocycles. The number of rotatable bonds is 4. The van der Waals surface area contributed by atoms with Crippen LogP contribution in [0, 0.1) is 0 Å². The number of imidazole rings is 1. The summed E-state index contributed by atoms with van der Waals surface area (Å²) in [5, 5.41) is 0. The van der Waals surface area contributed by atoms with Gasteiger partial charge in [-0.1, -0.05) is 24.3 Å². The average Bonchev–Trinajstić information content (AvgIpc) is 2.98. The van der Waals surface area contributed by atoms with Crippen LogP contribution in [0.15, 0.2) is 42.9 Å². The minimum absolute atomic E-state index is 0.103. The van der Waals surface area contributed by atoms with Gasteiger partial charge in [-0.3, -0.25) is 9.59 Å². The maximum atomic E-state index is 12.3. The van der Waals surface area contributed by atoms with Gasteiger partial charge in [-0.15, -0.1) is 0 Å². The first-order chi connectivity index (χ1) is 11.6. The third-order valence-electron chi connectivity index (χ3n) is 4.11. The van der Waals surface area contributed by atoms with Crippen molar-refractivity contribution in [3.05, 3.63) is 59.8 Å². The monoisotopic (exact) mass is 325 g/mol. The van der Waals surface area contributed by atoms with E-state index in [1.807, 2.05) is 37.4 Å². The molecule has 0 fully saturated rings. The van der Waals surface area contributed by atoms with Gasteiger partial charge < -0.3 is 14.2 Å². The minimum Gasteiger partial charge on any atom is -0.457 e. The van der Waals surface area contributed by atoms with Crippen LogP contribution in [0.25, 0.3) is 6.08 Å². The third kappa shape index (κ3) is 3.22. The Morgan fingerprint density at radius 2 is 2.08 bits per heavy atom. The molecule has 0 aliphatic carbocycles. The standard InChI is InChI=1S/C18H19N3O3/c1-13(22)21-9-7-14-5-3-4-6-15(14)16(21)11-18(23)24-12-17-19-8-10-20(17)2/h3-10,16H,11-12H2,1-2H3. The largest absolute Gasteiger partial charge is 0.457 e. The summed E-state index contributed by atoms with van der Waals surface area (Å²) >= 11 is 0. The van der Waals surface area contributed by atoms with Crippen LogP contribution in [-0.4, -0.2) is 26.3 Å². The fourth-order valence-corrected chi connectivity index (χ4v) is 2.81. The van der Waals surface area contributed by atoms with Gasteiger partial charge in [-0.05, 0) is 17.2 Å². The molecule has 0 N–H and O–H groups in total. The van der Waals surface area contributed by atoms with Crippen molar-refractivity contribution in [3.63, 3.8) is 0 Å². The summed E-state index contributed by atoms with van der Waals surface area (Å²) in [6.45, 7) is 1.61. The summed E-state index contributed by atoms with van der Waals surface area (Å²) < 4.78 is 7.13. The number of esters is 1. The van der Waals surface area contributed by atoms with Gasteiger partial charge in [0, 0.05) is 32.6 Å². The Kier molecular flexibility index (Phi) is 4.46. The Labute approximate surface area is 140 Å². The van der Waals surface area contributed by atoms with Crippen molar-refractivity contribution in [1.29, 1.82) is 0 Å².